The summed E-state index contributed by atoms with van der Waals surface area (Å²) in [5.74, 6) is -0.309. The van der Waals surface area contributed by atoms with Crippen molar-refractivity contribution in [2.24, 2.45) is 0 Å². The summed E-state index contributed by atoms with van der Waals surface area (Å²) in [5.41, 5.74) is 0.961. The highest BCUT2D eigenvalue weighted by atomic mass is 19.1. The summed E-state index contributed by atoms with van der Waals surface area (Å²) in [7, 11) is 1.92. The first-order chi connectivity index (χ1) is 7.74. The average Bonchev–Trinajstić information content (AvgIpc) is 2.77. The Bertz CT molecular complexity index is 425. The van der Waals surface area contributed by atoms with Gasteiger partial charge in [0.05, 0.1) is 17.3 Å². The summed E-state index contributed by atoms with van der Waals surface area (Å²) in [5, 5.41) is 11.8. The molecule has 0 aliphatic carbocycles. The molecule has 1 aromatic rings. The third-order valence-corrected chi connectivity index (χ3v) is 3.01. The smallest absolute Gasteiger partial charge is 0.147 e. The van der Waals surface area contributed by atoms with Crippen molar-refractivity contribution >= 4 is 5.69 Å². The number of benzene rings is 1. The van der Waals surface area contributed by atoms with Gasteiger partial charge in [-0.15, -0.1) is 0 Å². The normalized spacial score (nSPS) is 19.8. The van der Waals surface area contributed by atoms with Gasteiger partial charge >= 0.3 is 0 Å². The van der Waals surface area contributed by atoms with Gasteiger partial charge in [-0.25, -0.2) is 4.39 Å². The molecule has 0 saturated carbocycles. The molecule has 84 valence electrons. The fraction of sp³-hybridized carbons (Fsp3) is 0.417. The largest absolute Gasteiger partial charge is 0.368 e. The van der Waals surface area contributed by atoms with E-state index in [4.69, 9.17) is 5.26 Å². The molecule has 1 aliphatic rings. The number of hydrogen-bond acceptors (Lipinski definition) is 3. The highest BCUT2D eigenvalue weighted by molar-refractivity contribution is 5.52. The van der Waals surface area contributed by atoms with Crippen molar-refractivity contribution in [1.82, 2.24) is 5.32 Å². The van der Waals surface area contributed by atoms with Gasteiger partial charge in [0.2, 0.25) is 0 Å². The van der Waals surface area contributed by atoms with Gasteiger partial charge in [0.15, 0.2) is 0 Å². The lowest BCUT2D eigenvalue weighted by Gasteiger charge is -2.19. The molecule has 1 fully saturated rings. The molecule has 1 heterocycles. The van der Waals surface area contributed by atoms with Crippen molar-refractivity contribution in [1.29, 1.82) is 5.26 Å². The molecule has 1 aliphatic heterocycles. The van der Waals surface area contributed by atoms with Gasteiger partial charge in [-0.3, -0.25) is 0 Å². The van der Waals surface area contributed by atoms with Crippen LogP contribution in [-0.2, 0) is 0 Å². The summed E-state index contributed by atoms with van der Waals surface area (Å²) >= 11 is 0. The van der Waals surface area contributed by atoms with Gasteiger partial charge in [-0.05, 0) is 31.7 Å². The van der Waals surface area contributed by atoms with Gasteiger partial charge < -0.3 is 10.2 Å². The molecular weight excluding hydrogens is 205 g/mol. The lowest BCUT2D eigenvalue weighted by Crippen LogP contribution is -2.29. The van der Waals surface area contributed by atoms with E-state index < -0.39 is 0 Å². The van der Waals surface area contributed by atoms with Crippen LogP contribution in [-0.4, -0.2) is 26.2 Å². The van der Waals surface area contributed by atoms with Crippen LogP contribution in [0.4, 0.5) is 10.1 Å². The van der Waals surface area contributed by atoms with E-state index in [9.17, 15) is 4.39 Å². The zero-order chi connectivity index (χ0) is 11.5. The third kappa shape index (κ3) is 2.00. The standard InChI is InChI=1S/C12H14FN3/c1-15-10-4-5-16(8-10)12-3-2-9(7-14)6-11(12)13/h2-3,6,10,15H,4-5,8H2,1H3. The SMILES string of the molecule is CNC1CCN(c2ccc(C#N)cc2F)C1. The molecule has 4 heteroatoms. The minimum absolute atomic E-state index is 0.309. The van der Waals surface area contributed by atoms with Crippen LogP contribution in [0.25, 0.3) is 0 Å². The summed E-state index contributed by atoms with van der Waals surface area (Å²) in [6, 6.07) is 7.00. The van der Waals surface area contributed by atoms with Crippen LogP contribution in [0.2, 0.25) is 0 Å². The van der Waals surface area contributed by atoms with Crippen molar-refractivity contribution in [2.75, 3.05) is 25.0 Å². The number of nitriles is 1. The van der Waals surface area contributed by atoms with Crippen molar-refractivity contribution in [3.05, 3.63) is 29.6 Å². The quantitative estimate of drug-likeness (QED) is 0.819. The van der Waals surface area contributed by atoms with Crippen LogP contribution >= 0.6 is 0 Å². The molecule has 1 atom stereocenters. The number of hydrogen-bond donors (Lipinski definition) is 1. The van der Waals surface area contributed by atoms with E-state index in [1.165, 1.54) is 6.07 Å². The fourth-order valence-electron chi connectivity index (χ4n) is 2.05. The van der Waals surface area contributed by atoms with E-state index in [0.29, 0.717) is 17.3 Å². The Labute approximate surface area is 94.5 Å². The van der Waals surface area contributed by atoms with Gasteiger partial charge in [-0.1, -0.05) is 0 Å². The van der Waals surface area contributed by atoms with Crippen LogP contribution in [0, 0.1) is 17.1 Å². The number of likely N-dealkylation sites (N-methyl/N-ethyl adjacent to an activating group) is 1. The zero-order valence-corrected chi connectivity index (χ0v) is 9.20. The lowest BCUT2D eigenvalue weighted by molar-refractivity contribution is 0.609. The minimum Gasteiger partial charge on any atom is -0.368 e. The van der Waals surface area contributed by atoms with Crippen LogP contribution < -0.4 is 10.2 Å². The van der Waals surface area contributed by atoms with E-state index in [-0.39, 0.29) is 5.82 Å². The number of halogens is 1. The minimum atomic E-state index is -0.309. The highest BCUT2D eigenvalue weighted by Gasteiger charge is 2.23. The van der Waals surface area contributed by atoms with Crippen molar-refractivity contribution < 1.29 is 4.39 Å². The molecule has 0 aromatic heterocycles. The number of nitrogens with zero attached hydrogens (tertiary/aromatic N) is 2. The molecule has 1 N–H and O–H groups in total. The molecule has 0 amide bonds. The first-order valence-corrected chi connectivity index (χ1v) is 5.36. The first-order valence-electron chi connectivity index (χ1n) is 5.36. The molecule has 0 bridgehead atoms. The van der Waals surface area contributed by atoms with E-state index in [1.54, 1.807) is 12.1 Å². The second-order valence-corrected chi connectivity index (χ2v) is 4.00. The molecule has 1 aromatic carbocycles. The highest BCUT2D eigenvalue weighted by Crippen LogP contribution is 2.24. The predicted molar refractivity (Wildman–Crippen MR) is 60.8 cm³/mol. The van der Waals surface area contributed by atoms with Crippen molar-refractivity contribution in [3.63, 3.8) is 0 Å². The second-order valence-electron chi connectivity index (χ2n) is 4.00. The molecule has 1 saturated heterocycles. The molecule has 16 heavy (non-hydrogen) atoms. The number of anilines is 1. The first kappa shape index (κ1) is 10.9. The van der Waals surface area contributed by atoms with Gasteiger partial charge in [0, 0.05) is 19.1 Å². The second kappa shape index (κ2) is 4.50. The van der Waals surface area contributed by atoms with E-state index in [2.05, 4.69) is 5.32 Å². The van der Waals surface area contributed by atoms with Crippen molar-refractivity contribution in [3.8, 4) is 6.07 Å². The van der Waals surface area contributed by atoms with Crippen LogP contribution in [0.5, 0.6) is 0 Å². The summed E-state index contributed by atoms with van der Waals surface area (Å²) in [6.07, 6.45) is 1.02. The summed E-state index contributed by atoms with van der Waals surface area (Å²) in [4.78, 5) is 2.01. The molecule has 2 rings (SSSR count). The summed E-state index contributed by atoms with van der Waals surface area (Å²) < 4.78 is 13.7. The van der Waals surface area contributed by atoms with Gasteiger partial charge in [0.25, 0.3) is 0 Å². The maximum absolute atomic E-state index is 13.7. The van der Waals surface area contributed by atoms with Crippen LogP contribution in [0.15, 0.2) is 18.2 Å². The summed E-state index contributed by atoms with van der Waals surface area (Å²) in [6.45, 7) is 1.67. The average molecular weight is 219 g/mol. The number of nitrogens with one attached hydrogen (secondary N) is 1. The Morgan fingerprint density at radius 3 is 2.94 bits per heavy atom. The lowest BCUT2D eigenvalue weighted by atomic mass is 10.2. The third-order valence-electron chi connectivity index (χ3n) is 3.01. The molecule has 1 unspecified atom stereocenters. The molecular formula is C12H14FN3. The topological polar surface area (TPSA) is 39.1 Å². The molecule has 0 spiro atoms. The molecule has 0 radical (unpaired) electrons. The maximum Gasteiger partial charge on any atom is 0.147 e. The zero-order valence-electron chi connectivity index (χ0n) is 9.20. The Morgan fingerprint density at radius 2 is 2.38 bits per heavy atom. The predicted octanol–water partition coefficient (Wildman–Crippen LogP) is 1.50. The van der Waals surface area contributed by atoms with Crippen LogP contribution in [0.3, 0.4) is 0 Å². The van der Waals surface area contributed by atoms with E-state index in [0.717, 1.165) is 19.5 Å². The van der Waals surface area contributed by atoms with Gasteiger partial charge in [-0.2, -0.15) is 5.26 Å². The Morgan fingerprint density at radius 1 is 1.56 bits per heavy atom. The number of rotatable bonds is 2. The Hall–Kier alpha value is -1.60. The van der Waals surface area contributed by atoms with Crippen molar-refractivity contribution in [2.45, 2.75) is 12.5 Å². The van der Waals surface area contributed by atoms with E-state index in [1.807, 2.05) is 18.0 Å². The van der Waals surface area contributed by atoms with E-state index >= 15 is 0 Å². The fourth-order valence-corrected chi connectivity index (χ4v) is 2.05. The monoisotopic (exact) mass is 219 g/mol. The van der Waals surface area contributed by atoms with Crippen LogP contribution in [0.1, 0.15) is 12.0 Å². The Kier molecular flexibility index (Phi) is 3.07. The Balaban J connectivity index is 2.19. The van der Waals surface area contributed by atoms with Gasteiger partial charge in [0.1, 0.15) is 5.82 Å². The molecule has 3 nitrogen and oxygen atoms in total. The maximum atomic E-state index is 13.7.